The van der Waals surface area contributed by atoms with E-state index in [1.165, 1.54) is 24.4 Å². The van der Waals surface area contributed by atoms with Gasteiger partial charge in [-0.1, -0.05) is 192 Å². The van der Waals surface area contributed by atoms with Crippen molar-refractivity contribution in [3.05, 3.63) is 319 Å². The summed E-state index contributed by atoms with van der Waals surface area (Å²) >= 11 is 0. The summed E-state index contributed by atoms with van der Waals surface area (Å²) in [6.45, 7) is 15.7. The van der Waals surface area contributed by atoms with Crippen molar-refractivity contribution in [3.63, 3.8) is 0 Å². The summed E-state index contributed by atoms with van der Waals surface area (Å²) in [6.07, 6.45) is 2.13. The van der Waals surface area contributed by atoms with E-state index in [9.17, 15) is 45.5 Å². The molecule has 13 rings (SSSR count). The molecule has 0 atom stereocenters. The number of hydrogen-bond donors (Lipinski definition) is 5. The SMILES string of the molecule is CC(C)c1c(C(=O)NCc2ccc(F)c(F)c2)c2ccc(/C=N/O)cc2n1Cc1ccccc1.CC(C)c1c(C(=O)NCc2ccc(F)c(F)c2)c2ccc(C3=NCCN3)cc2n1Cc1ccccc1.CC(C)c1c(C(=O)NCc2ccc(F)c(F)c2)c2ccc(C=O)cc2n1Cc1ccccc1. The fourth-order valence-electron chi connectivity index (χ4n) is 13.2. The van der Waals surface area contributed by atoms with E-state index in [0.29, 0.717) is 64.1 Å². The Balaban J connectivity index is 0.000000155. The van der Waals surface area contributed by atoms with Crippen molar-refractivity contribution in [2.45, 2.75) is 98.6 Å². The molecule has 0 fully saturated rings. The Morgan fingerprint density at radius 1 is 0.447 bits per heavy atom. The molecule has 0 spiro atoms. The number of carbonyl (C=O) groups excluding carboxylic acids is 4. The van der Waals surface area contributed by atoms with Gasteiger partial charge in [-0.25, -0.2) is 26.3 Å². The number of nitrogens with zero attached hydrogens (tertiary/aromatic N) is 5. The molecule has 20 heteroatoms. The molecule has 0 unspecified atom stereocenters. The lowest BCUT2D eigenvalue weighted by molar-refractivity contribution is 0.0942. The van der Waals surface area contributed by atoms with Crippen molar-refractivity contribution in [3.8, 4) is 0 Å². The fourth-order valence-corrected chi connectivity index (χ4v) is 13.2. The third kappa shape index (κ3) is 16.7. The first-order chi connectivity index (χ1) is 49.7. The summed E-state index contributed by atoms with van der Waals surface area (Å²) in [6, 6.07) is 57.6. The maximum absolute atomic E-state index is 13.7. The fraction of sp³-hybridized carbons (Fsp3) is 0.205. The van der Waals surface area contributed by atoms with Gasteiger partial charge >= 0.3 is 0 Å². The van der Waals surface area contributed by atoms with Gasteiger partial charge in [0.2, 0.25) is 0 Å². The smallest absolute Gasteiger partial charge is 0.254 e. The minimum Gasteiger partial charge on any atom is -0.411 e. The van der Waals surface area contributed by atoms with E-state index in [1.54, 1.807) is 24.3 Å². The zero-order valence-electron chi connectivity index (χ0n) is 57.7. The first-order valence-corrected chi connectivity index (χ1v) is 33.9. The highest BCUT2D eigenvalue weighted by molar-refractivity contribution is 6.12. The summed E-state index contributed by atoms with van der Waals surface area (Å²) in [5.74, 6) is -5.48. The van der Waals surface area contributed by atoms with Crippen molar-refractivity contribution in [1.82, 2.24) is 35.0 Å². The van der Waals surface area contributed by atoms with E-state index in [1.807, 2.05) is 131 Å². The molecule has 0 saturated carbocycles. The van der Waals surface area contributed by atoms with E-state index < -0.39 is 34.9 Å². The molecule has 103 heavy (non-hydrogen) atoms. The second-order valence-electron chi connectivity index (χ2n) is 26.1. The molecule has 0 aliphatic carbocycles. The van der Waals surface area contributed by atoms with Crippen LogP contribution in [0.4, 0.5) is 26.3 Å². The highest BCUT2D eigenvalue weighted by Crippen LogP contribution is 2.37. The molecule has 1 aliphatic rings. The summed E-state index contributed by atoms with van der Waals surface area (Å²) in [5, 5.41) is 26.4. The zero-order valence-corrected chi connectivity index (χ0v) is 57.7. The first kappa shape index (κ1) is 72.5. The van der Waals surface area contributed by atoms with Crippen LogP contribution in [0.3, 0.4) is 0 Å². The Bertz CT molecular complexity index is 5160. The average molecular weight is 1390 g/mol. The predicted molar refractivity (Wildman–Crippen MR) is 391 cm³/mol. The molecule has 3 amide bonds. The third-order valence-electron chi connectivity index (χ3n) is 17.8. The summed E-state index contributed by atoms with van der Waals surface area (Å²) in [4.78, 5) is 56.4. The molecule has 9 aromatic carbocycles. The molecule has 0 saturated heterocycles. The molecular formula is C83H77F6N9O5. The number of oxime groups is 1. The first-order valence-electron chi connectivity index (χ1n) is 33.9. The van der Waals surface area contributed by atoms with Crippen LogP contribution in [0.15, 0.2) is 210 Å². The molecule has 0 radical (unpaired) electrons. The number of amides is 3. The molecule has 14 nitrogen and oxygen atoms in total. The predicted octanol–water partition coefficient (Wildman–Crippen LogP) is 17.0. The van der Waals surface area contributed by atoms with Crippen LogP contribution in [0.1, 0.15) is 162 Å². The highest BCUT2D eigenvalue weighted by Gasteiger charge is 2.29. The van der Waals surface area contributed by atoms with Gasteiger partial charge in [0.1, 0.15) is 12.1 Å². The Morgan fingerprint density at radius 3 is 1.13 bits per heavy atom. The lowest BCUT2D eigenvalue weighted by atomic mass is 10.0. The third-order valence-corrected chi connectivity index (χ3v) is 17.8. The number of halogens is 6. The van der Waals surface area contributed by atoms with E-state index in [-0.39, 0.29) is 55.1 Å². The Morgan fingerprint density at radius 2 is 0.796 bits per heavy atom. The summed E-state index contributed by atoms with van der Waals surface area (Å²) in [5.41, 5.74) is 13.8. The number of nitrogens with one attached hydrogen (secondary N) is 4. The van der Waals surface area contributed by atoms with Gasteiger partial charge < -0.3 is 40.2 Å². The van der Waals surface area contributed by atoms with Crippen LogP contribution in [-0.4, -0.2) is 68.1 Å². The number of rotatable bonds is 21. The zero-order chi connectivity index (χ0) is 73.0. The number of amidine groups is 1. The van der Waals surface area contributed by atoms with Gasteiger partial charge in [0.25, 0.3) is 17.7 Å². The van der Waals surface area contributed by atoms with E-state index in [0.717, 1.165) is 134 Å². The molecule has 0 bridgehead atoms. The maximum atomic E-state index is 13.7. The maximum Gasteiger partial charge on any atom is 0.254 e. The van der Waals surface area contributed by atoms with E-state index >= 15 is 0 Å². The van der Waals surface area contributed by atoms with Crippen molar-refractivity contribution < 1.29 is 50.7 Å². The highest BCUT2D eigenvalue weighted by atomic mass is 19.2. The lowest BCUT2D eigenvalue weighted by Gasteiger charge is -2.16. The molecule has 4 heterocycles. The van der Waals surface area contributed by atoms with E-state index in [4.69, 9.17) is 5.21 Å². The van der Waals surface area contributed by atoms with Gasteiger partial charge in [-0.15, -0.1) is 0 Å². The van der Waals surface area contributed by atoms with Gasteiger partial charge in [0, 0.05) is 90.2 Å². The number of aldehydes is 1. The topological polar surface area (TPSA) is 176 Å². The normalized spacial score (nSPS) is 12.0. The standard InChI is InChI=1S/C29H28F2N4O.C27H25F2N3O2.C27H24F2N2O2/c1-18(2)27-26(29(36)34-16-20-8-11-23(30)24(31)14-20)22-10-9-21(28-32-12-13-33-28)15-25(22)35(27)17-19-6-4-3-5-7-19;1-17(2)26-25(27(33)30-14-19-9-11-22(28)23(29)12-19)21-10-8-20(15-31-34)13-24(21)32(26)16-18-6-4-3-5-7-18;1-17(2)26-25(27(33)30-14-19-9-11-22(28)23(29)12-19)21-10-8-20(16-32)13-24(21)31(26)15-18-6-4-3-5-7-18/h3-11,14-15,18H,12-13,16-17H2,1-2H3,(H,32,33)(H,34,36);3-13,15,17,34H,14,16H2,1-2H3,(H,30,33);3-13,16-17H,14-15H2,1-2H3,(H,30,33)/b;31-15+;. The summed E-state index contributed by atoms with van der Waals surface area (Å²) < 4.78 is 87.1. The van der Waals surface area contributed by atoms with Crippen LogP contribution in [0.5, 0.6) is 0 Å². The quantitative estimate of drug-likeness (QED) is 0.0157. The van der Waals surface area contributed by atoms with Crippen LogP contribution in [0, 0.1) is 34.9 Å². The largest absolute Gasteiger partial charge is 0.411 e. The second-order valence-corrected chi connectivity index (χ2v) is 26.1. The van der Waals surface area contributed by atoms with Crippen LogP contribution in [0.25, 0.3) is 32.7 Å². The number of aromatic nitrogens is 3. The van der Waals surface area contributed by atoms with Crippen molar-refractivity contribution >= 4 is 68.8 Å². The Labute approximate surface area is 592 Å². The monoisotopic (exact) mass is 1390 g/mol. The van der Waals surface area contributed by atoms with Gasteiger partial charge in [-0.2, -0.15) is 0 Å². The Kier molecular flexibility index (Phi) is 23.0. The minimum atomic E-state index is -0.953. The molecule has 1 aliphatic heterocycles. The van der Waals surface area contributed by atoms with Gasteiger partial charge in [0.15, 0.2) is 34.9 Å². The van der Waals surface area contributed by atoms with E-state index in [2.05, 4.69) is 77.2 Å². The molecular weight excluding hydrogens is 1320 g/mol. The number of carbonyl (C=O) groups is 4. The van der Waals surface area contributed by atoms with Gasteiger partial charge in [-0.3, -0.25) is 24.2 Å². The van der Waals surface area contributed by atoms with Crippen molar-refractivity contribution in [2.75, 3.05) is 13.1 Å². The van der Waals surface area contributed by atoms with Crippen LogP contribution >= 0.6 is 0 Å². The lowest BCUT2D eigenvalue weighted by Crippen LogP contribution is -2.24. The molecule has 526 valence electrons. The van der Waals surface area contributed by atoms with Crippen molar-refractivity contribution in [1.29, 1.82) is 0 Å². The number of benzene rings is 9. The minimum absolute atomic E-state index is 0.0183. The van der Waals surface area contributed by atoms with Gasteiger partial charge in [-0.05, 0) is 111 Å². The summed E-state index contributed by atoms with van der Waals surface area (Å²) in [7, 11) is 0. The molecule has 3 aromatic heterocycles. The van der Waals surface area contributed by atoms with Crippen LogP contribution < -0.4 is 21.3 Å². The Hall–Kier alpha value is -11.8. The van der Waals surface area contributed by atoms with Crippen LogP contribution in [-0.2, 0) is 39.3 Å². The number of hydrogen-bond acceptors (Lipinski definition) is 8. The van der Waals surface area contributed by atoms with Crippen LogP contribution in [0.2, 0.25) is 0 Å². The molecule has 5 N–H and O–H groups in total. The number of aliphatic imine (C=N–C) groups is 1. The second kappa shape index (κ2) is 32.7. The van der Waals surface area contributed by atoms with Gasteiger partial charge in [0.05, 0.1) is 46.0 Å². The molecule has 12 aromatic rings. The van der Waals surface area contributed by atoms with Crippen molar-refractivity contribution in [2.24, 2.45) is 10.1 Å². The average Bonchev–Trinajstić information content (AvgIpc) is 1.61. The number of fused-ring (bicyclic) bond motifs is 3.